The van der Waals surface area contributed by atoms with Crippen LogP contribution in [0, 0.1) is 11.6 Å². The van der Waals surface area contributed by atoms with Gasteiger partial charge in [-0.2, -0.15) is 0 Å². The molecule has 1 fully saturated rings. The molecule has 0 aromatic heterocycles. The molecule has 1 heterocycles. The molecule has 0 spiro atoms. The Morgan fingerprint density at radius 1 is 1.44 bits per heavy atom. The van der Waals surface area contributed by atoms with Crippen LogP contribution in [0.3, 0.4) is 0 Å². The molecular weight excluding hydrogens is 244 g/mol. The SMILES string of the molecule is O=C(O)C1CCC(=O)N1Cc1ccc(F)cc1F. The van der Waals surface area contributed by atoms with Crippen molar-refractivity contribution in [2.75, 3.05) is 0 Å². The lowest BCUT2D eigenvalue weighted by Crippen LogP contribution is -2.38. The fourth-order valence-electron chi connectivity index (χ4n) is 2.02. The summed E-state index contributed by atoms with van der Waals surface area (Å²) in [5, 5.41) is 8.95. The molecule has 18 heavy (non-hydrogen) atoms. The monoisotopic (exact) mass is 255 g/mol. The van der Waals surface area contributed by atoms with Gasteiger partial charge in [0.1, 0.15) is 17.7 Å². The van der Waals surface area contributed by atoms with Gasteiger partial charge in [0.05, 0.1) is 0 Å². The van der Waals surface area contributed by atoms with Crippen molar-refractivity contribution in [1.82, 2.24) is 4.90 Å². The van der Waals surface area contributed by atoms with E-state index in [9.17, 15) is 18.4 Å². The number of nitrogens with zero attached hydrogens (tertiary/aromatic N) is 1. The van der Waals surface area contributed by atoms with Gasteiger partial charge in [0.2, 0.25) is 5.91 Å². The highest BCUT2D eigenvalue weighted by Gasteiger charge is 2.36. The Labute approximate surface area is 102 Å². The highest BCUT2D eigenvalue weighted by Crippen LogP contribution is 2.22. The number of aliphatic carboxylic acids is 1. The van der Waals surface area contributed by atoms with Crippen molar-refractivity contribution >= 4 is 11.9 Å². The van der Waals surface area contributed by atoms with Crippen LogP contribution >= 0.6 is 0 Å². The van der Waals surface area contributed by atoms with Gasteiger partial charge < -0.3 is 10.0 Å². The quantitative estimate of drug-likeness (QED) is 0.891. The maximum Gasteiger partial charge on any atom is 0.326 e. The number of hydrogen-bond donors (Lipinski definition) is 1. The lowest BCUT2D eigenvalue weighted by Gasteiger charge is -2.21. The Balaban J connectivity index is 2.21. The summed E-state index contributed by atoms with van der Waals surface area (Å²) in [5.41, 5.74) is 0.109. The van der Waals surface area contributed by atoms with E-state index >= 15 is 0 Å². The van der Waals surface area contributed by atoms with E-state index < -0.39 is 23.6 Å². The standard InChI is InChI=1S/C12H11F2NO3/c13-8-2-1-7(9(14)5-8)6-15-10(12(17)18)3-4-11(15)16/h1-2,5,10H,3-4,6H2,(H,17,18). The summed E-state index contributed by atoms with van der Waals surface area (Å²) in [6, 6.07) is 2.08. The summed E-state index contributed by atoms with van der Waals surface area (Å²) in [6.07, 6.45) is 0.358. The average molecular weight is 255 g/mol. The molecule has 1 aromatic carbocycles. The third kappa shape index (κ3) is 2.32. The number of halogens is 2. The van der Waals surface area contributed by atoms with Crippen molar-refractivity contribution in [3.05, 3.63) is 35.4 Å². The zero-order valence-corrected chi connectivity index (χ0v) is 9.40. The number of carbonyl (C=O) groups excluding carboxylic acids is 1. The van der Waals surface area contributed by atoms with Crippen LogP contribution in [0.25, 0.3) is 0 Å². The summed E-state index contributed by atoms with van der Waals surface area (Å²) in [6.45, 7) is -0.151. The molecule has 1 amide bonds. The summed E-state index contributed by atoms with van der Waals surface area (Å²) in [7, 11) is 0. The van der Waals surface area contributed by atoms with Crippen molar-refractivity contribution in [3.8, 4) is 0 Å². The lowest BCUT2D eigenvalue weighted by atomic mass is 10.1. The minimum absolute atomic E-state index is 0.109. The first-order chi connectivity index (χ1) is 8.49. The van der Waals surface area contributed by atoms with Crippen LogP contribution in [0.1, 0.15) is 18.4 Å². The first-order valence-electron chi connectivity index (χ1n) is 5.45. The number of benzene rings is 1. The number of rotatable bonds is 3. The topological polar surface area (TPSA) is 57.6 Å². The van der Waals surface area contributed by atoms with Gasteiger partial charge in [0.25, 0.3) is 0 Å². The van der Waals surface area contributed by atoms with Crippen LogP contribution in [-0.2, 0) is 16.1 Å². The predicted octanol–water partition coefficient (Wildman–Crippen LogP) is 1.54. The average Bonchev–Trinajstić information content (AvgIpc) is 2.64. The van der Waals surface area contributed by atoms with E-state index in [1.165, 1.54) is 6.07 Å². The maximum absolute atomic E-state index is 13.4. The van der Waals surface area contributed by atoms with Crippen molar-refractivity contribution in [2.45, 2.75) is 25.4 Å². The first-order valence-corrected chi connectivity index (χ1v) is 5.45. The van der Waals surface area contributed by atoms with Crippen molar-refractivity contribution in [1.29, 1.82) is 0 Å². The number of carbonyl (C=O) groups is 2. The van der Waals surface area contributed by atoms with Gasteiger partial charge >= 0.3 is 5.97 Å². The number of carboxylic acid groups (broad SMARTS) is 1. The second kappa shape index (κ2) is 4.72. The van der Waals surface area contributed by atoms with Crippen LogP contribution in [0.5, 0.6) is 0 Å². The van der Waals surface area contributed by atoms with E-state index in [1.54, 1.807) is 0 Å². The normalized spacial score (nSPS) is 19.3. The Morgan fingerprint density at radius 3 is 2.78 bits per heavy atom. The fourth-order valence-corrected chi connectivity index (χ4v) is 2.02. The van der Waals surface area contributed by atoms with E-state index in [-0.39, 0.29) is 30.9 Å². The third-order valence-corrected chi connectivity index (χ3v) is 2.97. The molecule has 1 aliphatic rings. The molecule has 1 saturated heterocycles. The number of amides is 1. The van der Waals surface area contributed by atoms with Gasteiger partial charge in [0, 0.05) is 24.6 Å². The predicted molar refractivity (Wildman–Crippen MR) is 57.6 cm³/mol. The number of likely N-dealkylation sites (tertiary alicyclic amines) is 1. The molecule has 96 valence electrons. The minimum atomic E-state index is -1.11. The molecule has 1 aliphatic heterocycles. The summed E-state index contributed by atoms with van der Waals surface area (Å²) in [4.78, 5) is 23.6. The van der Waals surface area contributed by atoms with Crippen molar-refractivity contribution in [2.24, 2.45) is 0 Å². The number of hydrogen-bond acceptors (Lipinski definition) is 2. The van der Waals surface area contributed by atoms with Gasteiger partial charge in [-0.3, -0.25) is 4.79 Å². The third-order valence-electron chi connectivity index (χ3n) is 2.97. The van der Waals surface area contributed by atoms with Crippen LogP contribution in [-0.4, -0.2) is 27.9 Å². The van der Waals surface area contributed by atoms with Crippen LogP contribution in [0.4, 0.5) is 8.78 Å². The highest BCUT2D eigenvalue weighted by molar-refractivity contribution is 5.87. The van der Waals surface area contributed by atoms with Crippen LogP contribution in [0.15, 0.2) is 18.2 Å². The van der Waals surface area contributed by atoms with Crippen LogP contribution < -0.4 is 0 Å². The Kier molecular flexibility index (Phi) is 3.27. The summed E-state index contributed by atoms with van der Waals surface area (Å²) >= 11 is 0. The maximum atomic E-state index is 13.4. The molecule has 1 atom stereocenters. The smallest absolute Gasteiger partial charge is 0.326 e. The van der Waals surface area contributed by atoms with Gasteiger partial charge in [-0.1, -0.05) is 6.07 Å². The van der Waals surface area contributed by atoms with Gasteiger partial charge in [-0.15, -0.1) is 0 Å². The van der Waals surface area contributed by atoms with Crippen molar-refractivity contribution in [3.63, 3.8) is 0 Å². The van der Waals surface area contributed by atoms with E-state index in [2.05, 4.69) is 0 Å². The van der Waals surface area contributed by atoms with Gasteiger partial charge in [-0.05, 0) is 12.5 Å². The zero-order chi connectivity index (χ0) is 13.3. The summed E-state index contributed by atoms with van der Waals surface area (Å²) in [5.74, 6) is -2.92. The first kappa shape index (κ1) is 12.5. The highest BCUT2D eigenvalue weighted by atomic mass is 19.1. The molecule has 0 aliphatic carbocycles. The molecule has 1 unspecified atom stereocenters. The summed E-state index contributed by atoms with van der Waals surface area (Å²) < 4.78 is 26.2. The van der Waals surface area contributed by atoms with Crippen LogP contribution in [0.2, 0.25) is 0 Å². The second-order valence-electron chi connectivity index (χ2n) is 4.15. The van der Waals surface area contributed by atoms with E-state index in [0.717, 1.165) is 11.0 Å². The molecule has 1 N–H and O–H groups in total. The lowest BCUT2D eigenvalue weighted by molar-refractivity contribution is -0.146. The molecule has 0 saturated carbocycles. The second-order valence-corrected chi connectivity index (χ2v) is 4.15. The molecule has 6 heteroatoms. The molecule has 4 nitrogen and oxygen atoms in total. The molecular formula is C12H11F2NO3. The fraction of sp³-hybridized carbons (Fsp3) is 0.333. The van der Waals surface area contributed by atoms with E-state index in [1.807, 2.05) is 0 Å². The van der Waals surface area contributed by atoms with Gasteiger partial charge in [-0.25, -0.2) is 13.6 Å². The Hall–Kier alpha value is -1.98. The number of carboxylic acids is 1. The van der Waals surface area contributed by atoms with E-state index in [4.69, 9.17) is 5.11 Å². The Bertz CT molecular complexity index is 504. The molecule has 0 radical (unpaired) electrons. The zero-order valence-electron chi connectivity index (χ0n) is 9.40. The van der Waals surface area contributed by atoms with Crippen molar-refractivity contribution < 1.29 is 23.5 Å². The minimum Gasteiger partial charge on any atom is -0.480 e. The van der Waals surface area contributed by atoms with Gasteiger partial charge in [0.15, 0.2) is 0 Å². The molecule has 0 bridgehead atoms. The molecule has 1 aromatic rings. The Morgan fingerprint density at radius 2 is 2.17 bits per heavy atom. The van der Waals surface area contributed by atoms with E-state index in [0.29, 0.717) is 6.07 Å². The largest absolute Gasteiger partial charge is 0.480 e. The molecule has 2 rings (SSSR count).